The van der Waals surface area contributed by atoms with Gasteiger partial charge in [0.2, 0.25) is 0 Å². The number of aryl methyl sites for hydroxylation is 1. The molecular formula is C21H19N. The normalized spacial score (nSPS) is 12.0. The number of nitrogens with zero attached hydrogens (tertiary/aromatic N) is 1. The predicted octanol–water partition coefficient (Wildman–Crippen LogP) is 5.15. The third-order valence-corrected chi connectivity index (χ3v) is 3.27. The molecule has 0 atom stereocenters. The Morgan fingerprint density at radius 1 is 1.09 bits per heavy atom. The Balaban J connectivity index is 2.18. The lowest BCUT2D eigenvalue weighted by molar-refractivity contribution is 1.26. The Labute approximate surface area is 132 Å². The summed E-state index contributed by atoms with van der Waals surface area (Å²) in [6, 6.07) is 12.5. The first-order valence-electron chi connectivity index (χ1n) is 7.20. The molecule has 0 aliphatic rings. The number of hydrogen-bond donors (Lipinski definition) is 0. The maximum absolute atomic E-state index is 5.19. The summed E-state index contributed by atoms with van der Waals surface area (Å²) in [6.07, 6.45) is 16.7. The standard InChI is InChI=1S/C21H19N/c1-4-5-6-7-18(3)21-16-20(14-15-22-21)13-12-19-10-8-17(2)9-11-19/h1,5-16H,2-3H3/b6-5-,13-12-,18-7+. The smallest absolute Gasteiger partial charge is 0.0664 e. The minimum absolute atomic E-state index is 0.952. The average Bonchev–Trinajstić information content (AvgIpc) is 2.55. The van der Waals surface area contributed by atoms with E-state index < -0.39 is 0 Å². The van der Waals surface area contributed by atoms with Gasteiger partial charge >= 0.3 is 0 Å². The van der Waals surface area contributed by atoms with E-state index >= 15 is 0 Å². The van der Waals surface area contributed by atoms with Crippen molar-refractivity contribution < 1.29 is 0 Å². The van der Waals surface area contributed by atoms with Crippen LogP contribution in [0.5, 0.6) is 0 Å². The number of pyridine rings is 1. The second-order valence-corrected chi connectivity index (χ2v) is 5.09. The number of terminal acetylenes is 1. The topological polar surface area (TPSA) is 12.9 Å². The first-order chi connectivity index (χ1) is 10.7. The monoisotopic (exact) mass is 285 g/mol. The van der Waals surface area contributed by atoms with Crippen molar-refractivity contribution >= 4 is 17.7 Å². The zero-order valence-corrected chi connectivity index (χ0v) is 13.0. The molecule has 108 valence electrons. The van der Waals surface area contributed by atoms with Gasteiger partial charge in [-0.15, -0.1) is 6.42 Å². The molecule has 1 nitrogen and oxygen atoms in total. The van der Waals surface area contributed by atoms with Gasteiger partial charge in [-0.2, -0.15) is 0 Å². The zero-order chi connectivity index (χ0) is 15.8. The van der Waals surface area contributed by atoms with Gasteiger partial charge in [-0.1, -0.05) is 60.1 Å². The van der Waals surface area contributed by atoms with Crippen molar-refractivity contribution in [2.75, 3.05) is 0 Å². The molecule has 1 heteroatoms. The van der Waals surface area contributed by atoms with Crippen LogP contribution in [0, 0.1) is 19.3 Å². The van der Waals surface area contributed by atoms with Crippen LogP contribution in [0.3, 0.4) is 0 Å². The van der Waals surface area contributed by atoms with Crippen LogP contribution in [-0.2, 0) is 0 Å². The molecule has 0 amide bonds. The molecule has 0 aliphatic carbocycles. The molecule has 0 bridgehead atoms. The number of allylic oxidation sites excluding steroid dienone is 4. The van der Waals surface area contributed by atoms with E-state index in [1.54, 1.807) is 6.08 Å². The Kier molecular flexibility index (Phi) is 5.51. The van der Waals surface area contributed by atoms with E-state index in [0.29, 0.717) is 0 Å². The van der Waals surface area contributed by atoms with E-state index in [2.05, 4.69) is 60.3 Å². The van der Waals surface area contributed by atoms with Crippen molar-refractivity contribution in [2.45, 2.75) is 13.8 Å². The molecule has 1 aromatic carbocycles. The van der Waals surface area contributed by atoms with Crippen LogP contribution in [0.25, 0.3) is 17.7 Å². The summed E-state index contributed by atoms with van der Waals surface area (Å²) < 4.78 is 0. The SMILES string of the molecule is C#C/C=C\C=C(/C)c1cc(/C=C\c2ccc(C)cc2)ccn1. The number of rotatable bonds is 4. The average molecular weight is 285 g/mol. The van der Waals surface area contributed by atoms with Gasteiger partial charge in [-0.25, -0.2) is 0 Å². The van der Waals surface area contributed by atoms with E-state index in [4.69, 9.17) is 6.42 Å². The van der Waals surface area contributed by atoms with Crippen molar-refractivity contribution in [3.05, 3.63) is 83.2 Å². The summed E-state index contributed by atoms with van der Waals surface area (Å²) >= 11 is 0. The molecular weight excluding hydrogens is 266 g/mol. The molecule has 2 aromatic rings. The van der Waals surface area contributed by atoms with Gasteiger partial charge in [-0.05, 0) is 48.8 Å². The van der Waals surface area contributed by atoms with Crippen LogP contribution < -0.4 is 0 Å². The first kappa shape index (κ1) is 15.5. The van der Waals surface area contributed by atoms with E-state index in [1.165, 1.54) is 11.1 Å². The van der Waals surface area contributed by atoms with E-state index in [0.717, 1.165) is 16.8 Å². The third-order valence-electron chi connectivity index (χ3n) is 3.27. The van der Waals surface area contributed by atoms with Crippen LogP contribution in [0.2, 0.25) is 0 Å². The number of aromatic nitrogens is 1. The molecule has 22 heavy (non-hydrogen) atoms. The maximum Gasteiger partial charge on any atom is 0.0664 e. The van der Waals surface area contributed by atoms with Crippen LogP contribution in [0.15, 0.2) is 60.8 Å². The fourth-order valence-electron chi connectivity index (χ4n) is 1.97. The van der Waals surface area contributed by atoms with Crippen molar-refractivity contribution in [1.29, 1.82) is 0 Å². The summed E-state index contributed by atoms with van der Waals surface area (Å²) in [4.78, 5) is 4.40. The van der Waals surface area contributed by atoms with Crippen LogP contribution >= 0.6 is 0 Å². The highest BCUT2D eigenvalue weighted by atomic mass is 14.7. The van der Waals surface area contributed by atoms with Crippen LogP contribution in [0.1, 0.15) is 29.3 Å². The maximum atomic E-state index is 5.19. The lowest BCUT2D eigenvalue weighted by Gasteiger charge is -2.01. The fraction of sp³-hybridized carbons (Fsp3) is 0.0952. The first-order valence-corrected chi connectivity index (χ1v) is 7.20. The van der Waals surface area contributed by atoms with Crippen molar-refractivity contribution in [3.8, 4) is 12.3 Å². The largest absolute Gasteiger partial charge is 0.257 e. The van der Waals surface area contributed by atoms with Gasteiger partial charge in [0.05, 0.1) is 5.69 Å². The molecule has 0 radical (unpaired) electrons. The van der Waals surface area contributed by atoms with Crippen LogP contribution in [0.4, 0.5) is 0 Å². The van der Waals surface area contributed by atoms with Gasteiger partial charge in [0.15, 0.2) is 0 Å². The highest BCUT2D eigenvalue weighted by molar-refractivity contribution is 5.72. The minimum Gasteiger partial charge on any atom is -0.257 e. The van der Waals surface area contributed by atoms with Gasteiger partial charge in [0.1, 0.15) is 0 Å². The molecule has 0 fully saturated rings. The molecule has 1 aromatic heterocycles. The van der Waals surface area contributed by atoms with Crippen molar-refractivity contribution in [1.82, 2.24) is 4.98 Å². The van der Waals surface area contributed by atoms with Crippen molar-refractivity contribution in [2.24, 2.45) is 0 Å². The van der Waals surface area contributed by atoms with E-state index in [-0.39, 0.29) is 0 Å². The summed E-state index contributed by atoms with van der Waals surface area (Å²) in [7, 11) is 0. The molecule has 0 saturated carbocycles. The fourth-order valence-corrected chi connectivity index (χ4v) is 1.97. The Morgan fingerprint density at radius 3 is 2.55 bits per heavy atom. The summed E-state index contributed by atoms with van der Waals surface area (Å²) in [5.74, 6) is 2.47. The van der Waals surface area contributed by atoms with Gasteiger partial charge in [-0.3, -0.25) is 4.98 Å². The van der Waals surface area contributed by atoms with Crippen LogP contribution in [-0.4, -0.2) is 4.98 Å². The molecule has 0 aliphatic heterocycles. The molecule has 0 unspecified atom stereocenters. The Hall–Kier alpha value is -2.85. The highest BCUT2D eigenvalue weighted by Crippen LogP contribution is 2.15. The lowest BCUT2D eigenvalue weighted by atomic mass is 10.1. The van der Waals surface area contributed by atoms with Gasteiger partial charge in [0, 0.05) is 6.20 Å². The second kappa shape index (κ2) is 7.81. The summed E-state index contributed by atoms with van der Waals surface area (Å²) in [5, 5.41) is 0. The highest BCUT2D eigenvalue weighted by Gasteiger charge is 1.97. The number of benzene rings is 1. The van der Waals surface area contributed by atoms with Crippen molar-refractivity contribution in [3.63, 3.8) is 0 Å². The van der Waals surface area contributed by atoms with Gasteiger partial charge < -0.3 is 0 Å². The van der Waals surface area contributed by atoms with E-state index in [1.807, 2.05) is 31.3 Å². The Bertz CT molecular complexity index is 753. The van der Waals surface area contributed by atoms with Gasteiger partial charge in [0.25, 0.3) is 0 Å². The lowest BCUT2D eigenvalue weighted by Crippen LogP contribution is -1.86. The summed E-state index contributed by atoms with van der Waals surface area (Å²) in [5.41, 5.74) is 5.61. The molecule has 1 heterocycles. The van der Waals surface area contributed by atoms with E-state index in [9.17, 15) is 0 Å². The molecule has 0 spiro atoms. The molecule has 0 saturated heterocycles. The molecule has 0 N–H and O–H groups in total. The predicted molar refractivity (Wildman–Crippen MR) is 96.0 cm³/mol. The third kappa shape index (κ3) is 4.61. The molecule has 2 rings (SSSR count). The Morgan fingerprint density at radius 2 is 1.82 bits per heavy atom. The second-order valence-electron chi connectivity index (χ2n) is 5.09. The zero-order valence-electron chi connectivity index (χ0n) is 13.0. The number of hydrogen-bond acceptors (Lipinski definition) is 1. The minimum atomic E-state index is 0.952. The summed E-state index contributed by atoms with van der Waals surface area (Å²) in [6.45, 7) is 4.11. The quantitative estimate of drug-likeness (QED) is 0.559.